The van der Waals surface area contributed by atoms with Crippen molar-refractivity contribution < 1.29 is 19.5 Å². The Bertz CT molecular complexity index is 503. The van der Waals surface area contributed by atoms with Gasteiger partial charge in [0.25, 0.3) is 0 Å². The van der Waals surface area contributed by atoms with Gasteiger partial charge in [-0.2, -0.15) is 0 Å². The van der Waals surface area contributed by atoms with E-state index >= 15 is 0 Å². The highest BCUT2D eigenvalue weighted by molar-refractivity contribution is 5.93. The summed E-state index contributed by atoms with van der Waals surface area (Å²) in [5, 5.41) is 13.4. The summed E-state index contributed by atoms with van der Waals surface area (Å²) in [6, 6.07) is -0.451. The number of carboxylic acid groups (broad SMARTS) is 1. The van der Waals surface area contributed by atoms with Gasteiger partial charge in [0.15, 0.2) is 0 Å². The van der Waals surface area contributed by atoms with Crippen LogP contribution in [0.4, 0.5) is 10.5 Å². The van der Waals surface area contributed by atoms with E-state index in [9.17, 15) is 14.4 Å². The number of aromatic nitrogens is 1. The van der Waals surface area contributed by atoms with Crippen molar-refractivity contribution in [1.29, 1.82) is 0 Å². The van der Waals surface area contributed by atoms with Crippen LogP contribution in [0.5, 0.6) is 0 Å². The average Bonchev–Trinajstić information content (AvgIpc) is 2.27. The van der Waals surface area contributed by atoms with Crippen LogP contribution in [0.1, 0.15) is 12.0 Å². The third kappa shape index (κ3) is 5.02. The zero-order valence-corrected chi connectivity index (χ0v) is 10.2. The monoisotopic (exact) mass is 266 g/mol. The standard InChI is InChI=1S/C11H14N4O4/c1-6-2-7(5-13-4-6)14-11(19)15-8(10(17)18)3-9(12)16/h2,4-5,8H,3H2,1H3,(H2,12,16)(H,17,18)(H2,14,15,19)/t8-/m1/s1. The maximum absolute atomic E-state index is 11.6. The third-order valence-electron chi connectivity index (χ3n) is 2.14. The molecule has 3 amide bonds. The van der Waals surface area contributed by atoms with Gasteiger partial charge < -0.3 is 21.5 Å². The van der Waals surface area contributed by atoms with Gasteiger partial charge in [0.05, 0.1) is 18.3 Å². The van der Waals surface area contributed by atoms with Crippen molar-refractivity contribution in [3.05, 3.63) is 24.0 Å². The van der Waals surface area contributed by atoms with Gasteiger partial charge in [-0.05, 0) is 18.6 Å². The van der Waals surface area contributed by atoms with Crippen LogP contribution < -0.4 is 16.4 Å². The first-order valence-corrected chi connectivity index (χ1v) is 5.38. The van der Waals surface area contributed by atoms with Gasteiger partial charge in [-0.15, -0.1) is 0 Å². The quantitative estimate of drug-likeness (QED) is 0.587. The topological polar surface area (TPSA) is 134 Å². The van der Waals surface area contributed by atoms with Crippen molar-refractivity contribution in [3.63, 3.8) is 0 Å². The van der Waals surface area contributed by atoms with Crippen molar-refractivity contribution >= 4 is 23.6 Å². The molecule has 1 rings (SSSR count). The highest BCUT2D eigenvalue weighted by Crippen LogP contribution is 2.06. The Morgan fingerprint density at radius 2 is 2.11 bits per heavy atom. The van der Waals surface area contributed by atoms with E-state index in [-0.39, 0.29) is 0 Å². The first kappa shape index (κ1) is 14.4. The minimum absolute atomic E-state index is 0.417. The maximum atomic E-state index is 11.6. The fraction of sp³-hybridized carbons (Fsp3) is 0.273. The lowest BCUT2D eigenvalue weighted by molar-refractivity contribution is -0.140. The molecule has 1 heterocycles. The summed E-state index contributed by atoms with van der Waals surface area (Å²) < 4.78 is 0. The predicted octanol–water partition coefficient (Wildman–Crippen LogP) is -0.160. The summed E-state index contributed by atoms with van der Waals surface area (Å²) >= 11 is 0. The van der Waals surface area contributed by atoms with Crippen LogP contribution in [0, 0.1) is 6.92 Å². The van der Waals surface area contributed by atoms with Crippen molar-refractivity contribution in [2.75, 3.05) is 5.32 Å². The second-order valence-electron chi connectivity index (χ2n) is 3.91. The number of rotatable bonds is 5. The number of nitrogens with two attached hydrogens (primary N) is 1. The molecule has 0 aliphatic heterocycles. The summed E-state index contributed by atoms with van der Waals surface area (Å²) in [7, 11) is 0. The number of carbonyl (C=O) groups is 3. The summed E-state index contributed by atoms with van der Waals surface area (Å²) in [5.74, 6) is -2.15. The molecule has 8 nitrogen and oxygen atoms in total. The molecule has 0 aliphatic carbocycles. The Labute approximate surface area is 109 Å². The number of nitrogens with zero attached hydrogens (tertiary/aromatic N) is 1. The number of nitrogens with one attached hydrogen (secondary N) is 2. The number of hydrogen-bond acceptors (Lipinski definition) is 4. The molecular formula is C11H14N4O4. The molecule has 0 saturated heterocycles. The molecule has 0 fully saturated rings. The van der Waals surface area contributed by atoms with Crippen LogP contribution in [-0.4, -0.2) is 34.0 Å². The molecular weight excluding hydrogens is 252 g/mol. The van der Waals surface area contributed by atoms with Gasteiger partial charge in [0.2, 0.25) is 5.91 Å². The average molecular weight is 266 g/mol. The normalized spacial score (nSPS) is 11.4. The smallest absolute Gasteiger partial charge is 0.326 e. The number of anilines is 1. The number of aliphatic carboxylic acids is 1. The van der Waals surface area contributed by atoms with E-state index in [1.165, 1.54) is 6.20 Å². The van der Waals surface area contributed by atoms with Crippen LogP contribution in [0.15, 0.2) is 18.5 Å². The van der Waals surface area contributed by atoms with Crippen LogP contribution in [0.25, 0.3) is 0 Å². The van der Waals surface area contributed by atoms with Crippen molar-refractivity contribution in [3.8, 4) is 0 Å². The fourth-order valence-corrected chi connectivity index (χ4v) is 1.35. The van der Waals surface area contributed by atoms with Gasteiger partial charge in [0.1, 0.15) is 6.04 Å². The highest BCUT2D eigenvalue weighted by atomic mass is 16.4. The van der Waals surface area contributed by atoms with E-state index in [4.69, 9.17) is 10.8 Å². The molecule has 102 valence electrons. The van der Waals surface area contributed by atoms with Gasteiger partial charge in [-0.25, -0.2) is 9.59 Å². The number of urea groups is 1. The number of hydrogen-bond donors (Lipinski definition) is 4. The Balaban J connectivity index is 2.62. The first-order valence-electron chi connectivity index (χ1n) is 5.38. The number of carbonyl (C=O) groups excluding carboxylic acids is 2. The molecule has 0 radical (unpaired) electrons. The van der Waals surface area contributed by atoms with E-state index in [1.807, 2.05) is 0 Å². The number of carboxylic acids is 1. The molecule has 0 spiro atoms. The number of primary amides is 1. The molecule has 1 aromatic rings. The Morgan fingerprint density at radius 1 is 1.42 bits per heavy atom. The molecule has 0 saturated carbocycles. The SMILES string of the molecule is Cc1cncc(NC(=O)N[C@H](CC(N)=O)C(=O)O)c1. The number of aryl methyl sites for hydroxylation is 1. The van der Waals surface area contributed by atoms with Crippen molar-refractivity contribution in [1.82, 2.24) is 10.3 Å². The fourth-order valence-electron chi connectivity index (χ4n) is 1.35. The molecule has 19 heavy (non-hydrogen) atoms. The largest absolute Gasteiger partial charge is 0.480 e. The van der Waals surface area contributed by atoms with Crippen LogP contribution in [0.2, 0.25) is 0 Å². The predicted molar refractivity (Wildman–Crippen MR) is 66.4 cm³/mol. The lowest BCUT2D eigenvalue weighted by Crippen LogP contribution is -2.45. The minimum Gasteiger partial charge on any atom is -0.480 e. The Morgan fingerprint density at radius 3 is 2.63 bits per heavy atom. The van der Waals surface area contributed by atoms with E-state index in [0.717, 1.165) is 5.56 Å². The van der Waals surface area contributed by atoms with E-state index in [2.05, 4.69) is 15.6 Å². The first-order chi connectivity index (χ1) is 8.88. The molecule has 0 bridgehead atoms. The van der Waals surface area contributed by atoms with Gasteiger partial charge in [0, 0.05) is 6.20 Å². The molecule has 1 atom stereocenters. The van der Waals surface area contributed by atoms with E-state index in [1.54, 1.807) is 19.2 Å². The number of amides is 3. The third-order valence-corrected chi connectivity index (χ3v) is 2.14. The summed E-state index contributed by atoms with van der Waals surface area (Å²) in [4.78, 5) is 36.9. The van der Waals surface area contributed by atoms with Crippen molar-refractivity contribution in [2.45, 2.75) is 19.4 Å². The van der Waals surface area contributed by atoms with Crippen LogP contribution in [-0.2, 0) is 9.59 Å². The molecule has 5 N–H and O–H groups in total. The van der Waals surface area contributed by atoms with Gasteiger partial charge in [-0.3, -0.25) is 9.78 Å². The lowest BCUT2D eigenvalue weighted by atomic mass is 10.2. The molecule has 8 heteroatoms. The van der Waals surface area contributed by atoms with E-state index < -0.39 is 30.4 Å². The molecule has 1 aromatic heterocycles. The van der Waals surface area contributed by atoms with Gasteiger partial charge in [-0.1, -0.05) is 0 Å². The summed E-state index contributed by atoms with van der Waals surface area (Å²) in [6.45, 7) is 1.79. The number of pyridine rings is 1. The Hall–Kier alpha value is -2.64. The van der Waals surface area contributed by atoms with Crippen molar-refractivity contribution in [2.24, 2.45) is 5.73 Å². The Kier molecular flexibility index (Phi) is 4.81. The molecule has 0 unspecified atom stereocenters. The zero-order valence-electron chi connectivity index (χ0n) is 10.2. The summed E-state index contributed by atoms with van der Waals surface area (Å²) in [5.41, 5.74) is 6.15. The minimum atomic E-state index is -1.37. The lowest BCUT2D eigenvalue weighted by Gasteiger charge is -2.13. The van der Waals surface area contributed by atoms with Crippen LogP contribution >= 0.6 is 0 Å². The second kappa shape index (κ2) is 6.34. The zero-order chi connectivity index (χ0) is 14.4. The highest BCUT2D eigenvalue weighted by Gasteiger charge is 2.22. The van der Waals surface area contributed by atoms with Crippen LogP contribution in [0.3, 0.4) is 0 Å². The second-order valence-corrected chi connectivity index (χ2v) is 3.91. The maximum Gasteiger partial charge on any atom is 0.326 e. The summed E-state index contributed by atoms with van der Waals surface area (Å²) in [6.07, 6.45) is 2.54. The molecule has 0 aliphatic rings. The van der Waals surface area contributed by atoms with E-state index in [0.29, 0.717) is 5.69 Å². The molecule has 0 aromatic carbocycles. The van der Waals surface area contributed by atoms with Gasteiger partial charge >= 0.3 is 12.0 Å².